The summed E-state index contributed by atoms with van der Waals surface area (Å²) in [4.78, 5) is 14.3. The van der Waals surface area contributed by atoms with E-state index in [-0.39, 0.29) is 5.69 Å². The molecule has 5 N–H and O–H groups in total. The molecule has 0 spiro atoms. The minimum absolute atomic E-state index is 0.155. The van der Waals surface area contributed by atoms with E-state index in [4.69, 9.17) is 0 Å². The molecular formula is C18H23N3O4. The molecule has 0 fully saturated rings. The number of nitrogens with one attached hydrogen (secondary N) is 2. The first-order valence-corrected chi connectivity index (χ1v) is 8.04. The average Bonchev–Trinajstić information content (AvgIpc) is 2.56. The van der Waals surface area contributed by atoms with E-state index in [1.807, 2.05) is 25.1 Å². The number of carbonyl (C=O) groups excluding carboxylic acids is 1. The van der Waals surface area contributed by atoms with E-state index >= 15 is 0 Å². The molecule has 0 unspecified atom stereocenters. The lowest BCUT2D eigenvalue weighted by Crippen LogP contribution is -2.22. The zero-order valence-corrected chi connectivity index (χ0v) is 14.5. The van der Waals surface area contributed by atoms with E-state index in [1.54, 1.807) is 0 Å². The van der Waals surface area contributed by atoms with Gasteiger partial charge in [0.25, 0.3) is 0 Å². The quantitative estimate of drug-likeness (QED) is 0.421. The summed E-state index contributed by atoms with van der Waals surface area (Å²) < 4.78 is 0. The molecule has 2 rings (SSSR count). The lowest BCUT2D eigenvalue weighted by molar-refractivity contribution is 0.262. The Balaban J connectivity index is 2.10. The molecule has 7 nitrogen and oxygen atoms in total. The normalized spacial score (nSPS) is 10.4. The van der Waals surface area contributed by atoms with Crippen LogP contribution in [0, 0.1) is 6.92 Å². The zero-order valence-electron chi connectivity index (χ0n) is 14.5. The van der Waals surface area contributed by atoms with Crippen LogP contribution in [0.4, 0.5) is 21.9 Å². The van der Waals surface area contributed by atoms with Crippen molar-refractivity contribution in [3.8, 4) is 17.2 Å². The summed E-state index contributed by atoms with van der Waals surface area (Å²) in [6.07, 6.45) is 0. The van der Waals surface area contributed by atoms with Gasteiger partial charge in [-0.25, -0.2) is 4.79 Å². The zero-order chi connectivity index (χ0) is 18.6. The molecule has 2 aromatic carbocycles. The molecule has 0 atom stereocenters. The van der Waals surface area contributed by atoms with Crippen molar-refractivity contribution in [3.05, 3.63) is 35.9 Å². The van der Waals surface area contributed by atoms with Crippen LogP contribution in [0.25, 0.3) is 0 Å². The number of rotatable bonds is 5. The van der Waals surface area contributed by atoms with Crippen molar-refractivity contribution in [2.45, 2.75) is 20.8 Å². The van der Waals surface area contributed by atoms with E-state index in [9.17, 15) is 20.1 Å². The van der Waals surface area contributed by atoms with Gasteiger partial charge in [0.2, 0.25) is 0 Å². The third kappa shape index (κ3) is 4.26. The fourth-order valence-corrected chi connectivity index (χ4v) is 2.53. The van der Waals surface area contributed by atoms with Gasteiger partial charge in [0.05, 0.1) is 5.69 Å². The number of urea groups is 1. The fourth-order valence-electron chi connectivity index (χ4n) is 2.53. The first-order valence-electron chi connectivity index (χ1n) is 8.04. The molecule has 0 aliphatic carbocycles. The van der Waals surface area contributed by atoms with Gasteiger partial charge in [-0.2, -0.15) is 0 Å². The predicted octanol–water partition coefficient (Wildman–Crippen LogP) is 3.60. The summed E-state index contributed by atoms with van der Waals surface area (Å²) in [5, 5.41) is 33.5. The number of benzene rings is 2. The van der Waals surface area contributed by atoms with Crippen LogP contribution >= 0.6 is 0 Å². The Labute approximate surface area is 146 Å². The highest BCUT2D eigenvalue weighted by Crippen LogP contribution is 2.37. The fraction of sp³-hybridized carbons (Fsp3) is 0.278. The van der Waals surface area contributed by atoms with Gasteiger partial charge >= 0.3 is 6.03 Å². The largest absolute Gasteiger partial charge is 0.504 e. The van der Waals surface area contributed by atoms with Gasteiger partial charge in [0.1, 0.15) is 0 Å². The Hall–Kier alpha value is -3.09. The first-order chi connectivity index (χ1) is 11.8. The van der Waals surface area contributed by atoms with Crippen LogP contribution in [0.5, 0.6) is 17.2 Å². The van der Waals surface area contributed by atoms with Crippen molar-refractivity contribution in [2.24, 2.45) is 0 Å². The molecule has 0 radical (unpaired) electrons. The Kier molecular flexibility index (Phi) is 5.59. The third-order valence-corrected chi connectivity index (χ3v) is 3.91. The smallest absolute Gasteiger partial charge is 0.323 e. The number of phenols is 3. The lowest BCUT2D eigenvalue weighted by atomic mass is 10.1. The van der Waals surface area contributed by atoms with Crippen LogP contribution in [0.2, 0.25) is 0 Å². The molecule has 134 valence electrons. The summed E-state index contributed by atoms with van der Waals surface area (Å²) in [6, 6.07) is 7.53. The molecule has 0 heterocycles. The summed E-state index contributed by atoms with van der Waals surface area (Å²) in [5.41, 5.74) is 2.81. The minimum atomic E-state index is -0.631. The molecule has 0 aliphatic heterocycles. The van der Waals surface area contributed by atoms with Crippen molar-refractivity contribution in [2.75, 3.05) is 28.6 Å². The van der Waals surface area contributed by atoms with Crippen molar-refractivity contribution < 1.29 is 20.1 Å². The average molecular weight is 345 g/mol. The second kappa shape index (κ2) is 7.65. The summed E-state index contributed by atoms with van der Waals surface area (Å²) in [7, 11) is 0. The van der Waals surface area contributed by atoms with Crippen molar-refractivity contribution >= 4 is 23.1 Å². The number of hydrogen-bond acceptors (Lipinski definition) is 5. The molecule has 0 bridgehead atoms. The number of aryl methyl sites for hydroxylation is 1. The highest BCUT2D eigenvalue weighted by Gasteiger charge is 2.11. The highest BCUT2D eigenvalue weighted by molar-refractivity contribution is 6.00. The van der Waals surface area contributed by atoms with E-state index in [2.05, 4.69) is 29.4 Å². The molecule has 7 heteroatoms. The van der Waals surface area contributed by atoms with Gasteiger partial charge in [-0.3, -0.25) is 0 Å². The third-order valence-electron chi connectivity index (χ3n) is 3.91. The van der Waals surface area contributed by atoms with Crippen LogP contribution in [0.15, 0.2) is 30.3 Å². The lowest BCUT2D eigenvalue weighted by Gasteiger charge is -2.22. The van der Waals surface area contributed by atoms with Crippen LogP contribution in [-0.4, -0.2) is 34.4 Å². The van der Waals surface area contributed by atoms with Crippen LogP contribution in [0.3, 0.4) is 0 Å². The topological polar surface area (TPSA) is 105 Å². The molecule has 0 aromatic heterocycles. The van der Waals surface area contributed by atoms with Crippen molar-refractivity contribution in [1.82, 2.24) is 0 Å². The Bertz CT molecular complexity index is 750. The summed E-state index contributed by atoms with van der Waals surface area (Å²) in [6.45, 7) is 7.87. The molecule has 0 saturated carbocycles. The van der Waals surface area contributed by atoms with E-state index in [1.165, 1.54) is 0 Å². The molecule has 25 heavy (non-hydrogen) atoms. The SMILES string of the molecule is CCN(CC)c1ccc(NC(=O)Nc2cc(O)c(O)c(O)c2)c(C)c1. The molecule has 2 amide bonds. The standard InChI is InChI=1S/C18H23N3O4/c1-4-21(5-2)13-6-7-14(11(3)8-13)20-18(25)19-12-9-15(22)17(24)16(23)10-12/h6-10,22-24H,4-5H2,1-3H3,(H2,19,20,25). The van der Waals surface area contributed by atoms with E-state index < -0.39 is 23.3 Å². The number of nitrogens with zero attached hydrogens (tertiary/aromatic N) is 1. The number of amides is 2. The summed E-state index contributed by atoms with van der Waals surface area (Å²) >= 11 is 0. The van der Waals surface area contributed by atoms with Crippen LogP contribution in [0.1, 0.15) is 19.4 Å². The summed E-state index contributed by atoms with van der Waals surface area (Å²) in [5.74, 6) is -1.67. The second-order valence-electron chi connectivity index (χ2n) is 5.61. The Morgan fingerprint density at radius 3 is 2.12 bits per heavy atom. The Morgan fingerprint density at radius 2 is 1.60 bits per heavy atom. The van der Waals surface area contributed by atoms with Gasteiger partial charge in [-0.05, 0) is 44.5 Å². The van der Waals surface area contributed by atoms with Crippen LogP contribution in [-0.2, 0) is 0 Å². The number of hydrogen-bond donors (Lipinski definition) is 5. The van der Waals surface area contributed by atoms with Crippen molar-refractivity contribution in [1.29, 1.82) is 0 Å². The number of anilines is 3. The van der Waals surface area contributed by atoms with E-state index in [0.717, 1.165) is 36.5 Å². The van der Waals surface area contributed by atoms with Crippen LogP contribution < -0.4 is 15.5 Å². The molecule has 2 aromatic rings. The van der Waals surface area contributed by atoms with Gasteiger partial charge in [-0.1, -0.05) is 0 Å². The van der Waals surface area contributed by atoms with Gasteiger partial charge < -0.3 is 30.9 Å². The van der Waals surface area contributed by atoms with Gasteiger partial charge in [-0.15, -0.1) is 0 Å². The van der Waals surface area contributed by atoms with Gasteiger partial charge in [0.15, 0.2) is 17.2 Å². The molecule has 0 saturated heterocycles. The Morgan fingerprint density at radius 1 is 1.00 bits per heavy atom. The van der Waals surface area contributed by atoms with Gasteiger partial charge in [0, 0.05) is 36.6 Å². The first kappa shape index (κ1) is 18.3. The number of aromatic hydroxyl groups is 3. The molecule has 0 aliphatic rings. The predicted molar refractivity (Wildman–Crippen MR) is 98.8 cm³/mol. The minimum Gasteiger partial charge on any atom is -0.504 e. The monoisotopic (exact) mass is 345 g/mol. The number of phenolic OH excluding ortho intramolecular Hbond substituents is 3. The maximum atomic E-state index is 12.1. The maximum absolute atomic E-state index is 12.1. The van der Waals surface area contributed by atoms with E-state index in [0.29, 0.717) is 5.69 Å². The maximum Gasteiger partial charge on any atom is 0.323 e. The van der Waals surface area contributed by atoms with Crippen molar-refractivity contribution in [3.63, 3.8) is 0 Å². The number of carbonyl (C=O) groups is 1. The highest BCUT2D eigenvalue weighted by atomic mass is 16.3. The second-order valence-corrected chi connectivity index (χ2v) is 5.61. The molecular weight excluding hydrogens is 322 g/mol.